The fourth-order valence-electron chi connectivity index (χ4n) is 3.53. The van der Waals surface area contributed by atoms with E-state index in [4.69, 9.17) is 11.6 Å². The van der Waals surface area contributed by atoms with E-state index in [0.717, 1.165) is 17.3 Å². The number of hydrogen-bond acceptors (Lipinski definition) is 3. The molecule has 0 saturated heterocycles. The Bertz CT molecular complexity index is 1080. The van der Waals surface area contributed by atoms with Crippen molar-refractivity contribution in [2.45, 2.75) is 38.5 Å². The van der Waals surface area contributed by atoms with Gasteiger partial charge in [-0.3, -0.25) is 4.79 Å². The average Bonchev–Trinajstić information content (AvgIpc) is 3.49. The van der Waals surface area contributed by atoms with Crippen molar-refractivity contribution in [3.05, 3.63) is 76.4 Å². The number of pyridine rings is 1. The van der Waals surface area contributed by atoms with Gasteiger partial charge < -0.3 is 0 Å². The molecule has 2 aromatic carbocycles. The molecule has 1 fully saturated rings. The Morgan fingerprint density at radius 1 is 1.17 bits per heavy atom. The van der Waals surface area contributed by atoms with Gasteiger partial charge in [0.2, 0.25) is 5.91 Å². The van der Waals surface area contributed by atoms with Crippen molar-refractivity contribution in [1.29, 1.82) is 0 Å². The number of nitrogens with one attached hydrogen (secondary N) is 1. The number of carbonyl (C=O) groups excluding carboxylic acids is 1. The third kappa shape index (κ3) is 4.33. The van der Waals surface area contributed by atoms with Gasteiger partial charge in [0.1, 0.15) is 5.15 Å². The number of benzene rings is 2. The Labute approximate surface area is 176 Å². The smallest absolute Gasteiger partial charge is 0.243 e. The second-order valence-electron chi connectivity index (χ2n) is 8.62. The lowest BCUT2D eigenvalue weighted by Gasteiger charge is -2.19. The van der Waals surface area contributed by atoms with Crippen molar-refractivity contribution < 1.29 is 4.79 Å². The summed E-state index contributed by atoms with van der Waals surface area (Å²) in [7, 11) is 0. The maximum Gasteiger partial charge on any atom is 0.243 e. The van der Waals surface area contributed by atoms with Gasteiger partial charge in [0.05, 0.1) is 11.7 Å². The lowest BCUT2D eigenvalue weighted by atomic mass is 9.86. The monoisotopic (exact) mass is 405 g/mol. The van der Waals surface area contributed by atoms with Gasteiger partial charge in [-0.05, 0) is 41.0 Å². The summed E-state index contributed by atoms with van der Waals surface area (Å²) in [5.41, 5.74) is 6.80. The average molecular weight is 406 g/mol. The number of para-hydroxylation sites is 1. The zero-order valence-corrected chi connectivity index (χ0v) is 17.6. The Kier molecular flexibility index (Phi) is 5.13. The third-order valence-electron chi connectivity index (χ3n) is 5.42. The molecule has 2 atom stereocenters. The minimum absolute atomic E-state index is 0.0298. The standard InChI is InChI=1S/C24H24ClN3O/c1-24(2,3)18-10-8-15(9-11-18)19-13-20(19)23(29)28-26-14-17-12-16-6-4-5-7-21(16)27-22(17)25/h4-12,14,19-20H,13H2,1-3H3,(H,28,29)/b26-14+/t19-,20+/m1/s1. The van der Waals surface area contributed by atoms with Crippen LogP contribution in [0.2, 0.25) is 5.15 Å². The van der Waals surface area contributed by atoms with E-state index in [-0.39, 0.29) is 23.2 Å². The molecular formula is C24H24ClN3O. The molecule has 0 radical (unpaired) electrons. The van der Waals surface area contributed by atoms with E-state index in [1.54, 1.807) is 6.21 Å². The van der Waals surface area contributed by atoms with Gasteiger partial charge in [-0.25, -0.2) is 10.4 Å². The van der Waals surface area contributed by atoms with Crippen LogP contribution in [-0.4, -0.2) is 17.1 Å². The Morgan fingerprint density at radius 3 is 2.62 bits per heavy atom. The summed E-state index contributed by atoms with van der Waals surface area (Å²) in [4.78, 5) is 16.8. The molecule has 1 heterocycles. The molecule has 0 bridgehead atoms. The molecule has 0 aliphatic heterocycles. The minimum Gasteiger partial charge on any atom is -0.273 e. The number of hydrazone groups is 1. The number of hydrogen-bond donors (Lipinski definition) is 1. The summed E-state index contributed by atoms with van der Waals surface area (Å²) in [6.45, 7) is 6.60. The van der Waals surface area contributed by atoms with Crippen LogP contribution in [0.15, 0.2) is 59.7 Å². The maximum absolute atomic E-state index is 12.4. The Morgan fingerprint density at radius 2 is 1.90 bits per heavy atom. The van der Waals surface area contributed by atoms with E-state index in [0.29, 0.717) is 10.7 Å². The highest BCUT2D eigenvalue weighted by molar-refractivity contribution is 6.32. The predicted molar refractivity (Wildman–Crippen MR) is 118 cm³/mol. The molecule has 1 aromatic heterocycles. The van der Waals surface area contributed by atoms with E-state index < -0.39 is 0 Å². The fraction of sp³-hybridized carbons (Fsp3) is 0.292. The summed E-state index contributed by atoms with van der Waals surface area (Å²) >= 11 is 6.23. The molecule has 1 saturated carbocycles. The number of fused-ring (bicyclic) bond motifs is 1. The number of nitrogens with zero attached hydrogens (tertiary/aromatic N) is 2. The third-order valence-corrected chi connectivity index (χ3v) is 5.72. The van der Waals surface area contributed by atoms with Crippen LogP contribution in [0.1, 0.15) is 49.8 Å². The molecule has 0 unspecified atom stereocenters. The topological polar surface area (TPSA) is 54.4 Å². The van der Waals surface area contributed by atoms with Crippen LogP contribution in [0, 0.1) is 5.92 Å². The zero-order valence-electron chi connectivity index (χ0n) is 16.8. The van der Waals surface area contributed by atoms with Gasteiger partial charge in [-0.1, -0.05) is 74.8 Å². The molecule has 148 valence electrons. The second-order valence-corrected chi connectivity index (χ2v) is 8.97. The fourth-order valence-corrected chi connectivity index (χ4v) is 3.73. The number of aromatic nitrogens is 1. The molecule has 1 amide bonds. The van der Waals surface area contributed by atoms with Crippen LogP contribution in [0.4, 0.5) is 0 Å². The minimum atomic E-state index is -0.0592. The molecule has 1 aliphatic rings. The van der Waals surface area contributed by atoms with Crippen LogP contribution in [0.25, 0.3) is 10.9 Å². The van der Waals surface area contributed by atoms with Crippen LogP contribution in [0.3, 0.4) is 0 Å². The van der Waals surface area contributed by atoms with Crippen molar-refractivity contribution in [2.24, 2.45) is 11.0 Å². The highest BCUT2D eigenvalue weighted by Gasteiger charge is 2.44. The predicted octanol–water partition coefficient (Wildman–Crippen LogP) is 5.44. The van der Waals surface area contributed by atoms with Crippen LogP contribution in [-0.2, 0) is 10.2 Å². The largest absolute Gasteiger partial charge is 0.273 e. The maximum atomic E-state index is 12.4. The quantitative estimate of drug-likeness (QED) is 0.357. The van der Waals surface area contributed by atoms with Gasteiger partial charge in [-0.2, -0.15) is 5.10 Å². The normalized spacial score (nSPS) is 18.9. The van der Waals surface area contributed by atoms with Crippen molar-refractivity contribution in [3.63, 3.8) is 0 Å². The zero-order chi connectivity index (χ0) is 20.6. The second kappa shape index (κ2) is 7.60. The molecule has 29 heavy (non-hydrogen) atoms. The van der Waals surface area contributed by atoms with Crippen LogP contribution < -0.4 is 5.43 Å². The molecule has 4 nitrogen and oxygen atoms in total. The molecule has 4 rings (SSSR count). The highest BCUT2D eigenvalue weighted by atomic mass is 35.5. The van der Waals surface area contributed by atoms with Crippen molar-refractivity contribution >= 4 is 34.6 Å². The summed E-state index contributed by atoms with van der Waals surface area (Å²) in [6, 6.07) is 18.3. The van der Waals surface area contributed by atoms with Gasteiger partial charge in [0.25, 0.3) is 0 Å². The van der Waals surface area contributed by atoms with Crippen molar-refractivity contribution in [1.82, 2.24) is 10.4 Å². The van der Waals surface area contributed by atoms with Crippen LogP contribution in [0.5, 0.6) is 0 Å². The van der Waals surface area contributed by atoms with E-state index in [9.17, 15) is 4.79 Å². The molecule has 3 aromatic rings. The number of carbonyl (C=O) groups is 1. The summed E-state index contributed by atoms with van der Waals surface area (Å²) in [5.74, 6) is 0.180. The molecule has 1 N–H and O–H groups in total. The lowest BCUT2D eigenvalue weighted by molar-refractivity contribution is -0.122. The van der Waals surface area contributed by atoms with Gasteiger partial charge in [0, 0.05) is 16.9 Å². The SMILES string of the molecule is CC(C)(C)c1ccc([C@H]2C[C@@H]2C(=O)N/N=C/c2cc3ccccc3nc2Cl)cc1. The van der Waals surface area contributed by atoms with E-state index >= 15 is 0 Å². The lowest BCUT2D eigenvalue weighted by Crippen LogP contribution is -2.20. The molecule has 0 spiro atoms. The number of halogens is 1. The van der Waals surface area contributed by atoms with E-state index in [1.807, 2.05) is 30.3 Å². The highest BCUT2D eigenvalue weighted by Crippen LogP contribution is 2.47. The molecule has 5 heteroatoms. The molecule has 1 aliphatic carbocycles. The van der Waals surface area contributed by atoms with Crippen molar-refractivity contribution in [2.75, 3.05) is 0 Å². The van der Waals surface area contributed by atoms with Crippen LogP contribution >= 0.6 is 11.6 Å². The first kappa shape index (κ1) is 19.6. The van der Waals surface area contributed by atoms with Gasteiger partial charge in [0.15, 0.2) is 0 Å². The summed E-state index contributed by atoms with van der Waals surface area (Å²) in [6.07, 6.45) is 2.41. The number of rotatable bonds is 4. The van der Waals surface area contributed by atoms with E-state index in [1.165, 1.54) is 11.1 Å². The summed E-state index contributed by atoms with van der Waals surface area (Å²) in [5, 5.41) is 5.44. The first-order chi connectivity index (χ1) is 13.8. The first-order valence-corrected chi connectivity index (χ1v) is 10.2. The first-order valence-electron chi connectivity index (χ1n) is 9.81. The van der Waals surface area contributed by atoms with Crippen molar-refractivity contribution in [3.8, 4) is 0 Å². The Hall–Kier alpha value is -2.72. The summed E-state index contributed by atoms with van der Waals surface area (Å²) < 4.78 is 0. The Balaban J connectivity index is 1.38. The van der Waals surface area contributed by atoms with Gasteiger partial charge >= 0.3 is 0 Å². The van der Waals surface area contributed by atoms with Gasteiger partial charge in [-0.15, -0.1) is 0 Å². The van der Waals surface area contributed by atoms with E-state index in [2.05, 4.69) is 60.5 Å². The molecular weight excluding hydrogens is 382 g/mol. The number of amides is 1.